The van der Waals surface area contributed by atoms with Crippen molar-refractivity contribution >= 4 is 23.5 Å². The molecule has 1 amide bonds. The van der Waals surface area contributed by atoms with Gasteiger partial charge in [0.25, 0.3) is 0 Å². The molecular weight excluding hydrogens is 304 g/mol. The van der Waals surface area contributed by atoms with Crippen molar-refractivity contribution in [3.63, 3.8) is 0 Å². The number of anilines is 1. The Hall–Kier alpha value is -1.56. The first-order valence-electron chi connectivity index (χ1n) is 7.48. The van der Waals surface area contributed by atoms with Crippen molar-refractivity contribution < 1.29 is 9.53 Å². The van der Waals surface area contributed by atoms with Crippen LogP contribution in [0.3, 0.4) is 0 Å². The number of halogens is 1. The molecule has 7 heteroatoms. The number of aryl methyl sites for hydroxylation is 1. The Bertz CT molecular complexity index is 545. The first-order chi connectivity index (χ1) is 10.2. The minimum atomic E-state index is -0.478. The second-order valence-corrected chi connectivity index (χ2v) is 6.92. The molecule has 6 nitrogen and oxygen atoms in total. The molecule has 122 valence electrons. The van der Waals surface area contributed by atoms with Crippen LogP contribution in [0.15, 0.2) is 6.20 Å². The third-order valence-electron chi connectivity index (χ3n) is 3.36. The minimum absolute atomic E-state index is 0.130. The lowest BCUT2D eigenvalue weighted by molar-refractivity contribution is 0.0206. The van der Waals surface area contributed by atoms with Gasteiger partial charge in [-0.15, -0.1) is 0 Å². The molecule has 22 heavy (non-hydrogen) atoms. The zero-order valence-corrected chi connectivity index (χ0v) is 14.3. The van der Waals surface area contributed by atoms with E-state index >= 15 is 0 Å². The third kappa shape index (κ3) is 4.73. The molecule has 1 fully saturated rings. The normalized spacial score (nSPS) is 19.0. The van der Waals surface area contributed by atoms with Gasteiger partial charge in [-0.2, -0.15) is 0 Å². The molecule has 0 spiro atoms. The molecule has 1 atom stereocenters. The number of amides is 1. The number of hydrogen-bond donors (Lipinski definition) is 1. The van der Waals surface area contributed by atoms with E-state index in [1.165, 1.54) is 0 Å². The zero-order valence-electron chi connectivity index (χ0n) is 13.5. The van der Waals surface area contributed by atoms with E-state index in [-0.39, 0.29) is 17.4 Å². The van der Waals surface area contributed by atoms with Gasteiger partial charge in [-0.3, -0.25) is 0 Å². The van der Waals surface area contributed by atoms with Crippen LogP contribution >= 0.6 is 11.6 Å². The number of likely N-dealkylation sites (tertiary alicyclic amines) is 1. The monoisotopic (exact) mass is 326 g/mol. The fourth-order valence-corrected chi connectivity index (χ4v) is 2.48. The standard InChI is InChI=1S/C15H23ClN4O2/c1-10-8-17-13(16)19-12(10)18-11-6-5-7-20(9-11)14(21)22-15(2,3)4/h8,11H,5-7,9H2,1-4H3,(H,17,18,19). The van der Waals surface area contributed by atoms with Crippen LogP contribution in [0.2, 0.25) is 5.28 Å². The van der Waals surface area contributed by atoms with Crippen molar-refractivity contribution in [1.82, 2.24) is 14.9 Å². The summed E-state index contributed by atoms with van der Waals surface area (Å²) in [5, 5.41) is 3.57. The van der Waals surface area contributed by atoms with Crippen LogP contribution in [0.25, 0.3) is 0 Å². The Morgan fingerprint density at radius 2 is 2.23 bits per heavy atom. The smallest absolute Gasteiger partial charge is 0.410 e. The van der Waals surface area contributed by atoms with Gasteiger partial charge in [-0.05, 0) is 52.1 Å². The highest BCUT2D eigenvalue weighted by molar-refractivity contribution is 6.28. The molecule has 1 N–H and O–H groups in total. The van der Waals surface area contributed by atoms with Crippen LogP contribution < -0.4 is 5.32 Å². The van der Waals surface area contributed by atoms with Crippen molar-refractivity contribution in [3.8, 4) is 0 Å². The van der Waals surface area contributed by atoms with Gasteiger partial charge in [-0.1, -0.05) is 0 Å². The summed E-state index contributed by atoms with van der Waals surface area (Å²) in [7, 11) is 0. The highest BCUT2D eigenvalue weighted by Crippen LogP contribution is 2.20. The van der Waals surface area contributed by atoms with E-state index in [2.05, 4.69) is 15.3 Å². The summed E-state index contributed by atoms with van der Waals surface area (Å²) in [5.74, 6) is 0.719. The number of piperidine rings is 1. The van der Waals surface area contributed by atoms with E-state index < -0.39 is 5.60 Å². The van der Waals surface area contributed by atoms with Crippen LogP contribution in [0.4, 0.5) is 10.6 Å². The van der Waals surface area contributed by atoms with Crippen LogP contribution in [-0.2, 0) is 4.74 Å². The number of rotatable bonds is 2. The summed E-state index contributed by atoms with van der Waals surface area (Å²) < 4.78 is 5.43. The van der Waals surface area contributed by atoms with Gasteiger partial charge in [0.05, 0.1) is 0 Å². The number of aromatic nitrogens is 2. The van der Waals surface area contributed by atoms with Crippen molar-refractivity contribution in [3.05, 3.63) is 17.0 Å². The Labute approximate surface area is 136 Å². The summed E-state index contributed by atoms with van der Waals surface area (Å²) in [4.78, 5) is 22.1. The molecule has 1 aromatic rings. The number of carbonyl (C=O) groups excluding carboxylic acids is 1. The minimum Gasteiger partial charge on any atom is -0.444 e. The quantitative estimate of drug-likeness (QED) is 0.845. The van der Waals surface area contributed by atoms with Crippen molar-refractivity contribution in [1.29, 1.82) is 0 Å². The van der Waals surface area contributed by atoms with Gasteiger partial charge in [0, 0.05) is 30.9 Å². The van der Waals surface area contributed by atoms with Gasteiger partial charge in [0.1, 0.15) is 11.4 Å². The summed E-state index contributed by atoms with van der Waals surface area (Å²) in [6.07, 6.45) is 3.32. The van der Waals surface area contributed by atoms with Gasteiger partial charge in [0.15, 0.2) is 0 Å². The van der Waals surface area contributed by atoms with Gasteiger partial charge in [0.2, 0.25) is 5.28 Å². The SMILES string of the molecule is Cc1cnc(Cl)nc1NC1CCCN(C(=O)OC(C)(C)C)C1. The molecule has 2 rings (SSSR count). The van der Waals surface area contributed by atoms with E-state index in [0.29, 0.717) is 6.54 Å². The largest absolute Gasteiger partial charge is 0.444 e. The molecule has 1 saturated heterocycles. The lowest BCUT2D eigenvalue weighted by atomic mass is 10.1. The molecule has 1 unspecified atom stereocenters. The fourth-order valence-electron chi connectivity index (χ4n) is 2.35. The van der Waals surface area contributed by atoms with E-state index in [1.54, 1.807) is 11.1 Å². The zero-order chi connectivity index (χ0) is 16.3. The fraction of sp³-hybridized carbons (Fsp3) is 0.667. The molecule has 0 aliphatic carbocycles. The summed E-state index contributed by atoms with van der Waals surface area (Å²) in [6.45, 7) is 8.85. The van der Waals surface area contributed by atoms with E-state index in [4.69, 9.17) is 16.3 Å². The number of carbonyl (C=O) groups is 1. The lowest BCUT2D eigenvalue weighted by Gasteiger charge is -2.34. The average molecular weight is 327 g/mol. The Balaban J connectivity index is 1.98. The molecule has 0 radical (unpaired) electrons. The number of ether oxygens (including phenoxy) is 1. The number of nitrogens with zero attached hydrogens (tertiary/aromatic N) is 3. The molecule has 1 aliphatic rings. The number of nitrogens with one attached hydrogen (secondary N) is 1. The first-order valence-corrected chi connectivity index (χ1v) is 7.86. The molecule has 0 saturated carbocycles. The molecule has 0 bridgehead atoms. The predicted molar refractivity (Wildman–Crippen MR) is 86.2 cm³/mol. The molecule has 1 aromatic heterocycles. The van der Waals surface area contributed by atoms with Gasteiger partial charge >= 0.3 is 6.09 Å². The maximum atomic E-state index is 12.2. The summed E-state index contributed by atoms with van der Waals surface area (Å²) in [5.41, 5.74) is 0.451. The first kappa shape index (κ1) is 16.8. The lowest BCUT2D eigenvalue weighted by Crippen LogP contribution is -2.47. The maximum Gasteiger partial charge on any atom is 0.410 e. The van der Waals surface area contributed by atoms with Crippen molar-refractivity contribution in [2.75, 3.05) is 18.4 Å². The summed E-state index contributed by atoms with van der Waals surface area (Å²) in [6, 6.07) is 0.130. The highest BCUT2D eigenvalue weighted by atomic mass is 35.5. The van der Waals surface area contributed by atoms with Crippen molar-refractivity contribution in [2.45, 2.75) is 52.2 Å². The Morgan fingerprint density at radius 1 is 1.50 bits per heavy atom. The third-order valence-corrected chi connectivity index (χ3v) is 3.54. The molecule has 2 heterocycles. The summed E-state index contributed by atoms with van der Waals surface area (Å²) >= 11 is 5.84. The van der Waals surface area contributed by atoms with E-state index in [9.17, 15) is 4.79 Å². The second-order valence-electron chi connectivity index (χ2n) is 6.58. The highest BCUT2D eigenvalue weighted by Gasteiger charge is 2.27. The van der Waals surface area contributed by atoms with Crippen molar-refractivity contribution in [2.24, 2.45) is 0 Å². The predicted octanol–water partition coefficient (Wildman–Crippen LogP) is 3.25. The van der Waals surface area contributed by atoms with Crippen LogP contribution in [0.1, 0.15) is 39.2 Å². The van der Waals surface area contributed by atoms with Crippen LogP contribution in [0, 0.1) is 6.92 Å². The molecule has 1 aliphatic heterocycles. The Morgan fingerprint density at radius 3 is 2.91 bits per heavy atom. The van der Waals surface area contributed by atoms with E-state index in [1.807, 2.05) is 27.7 Å². The van der Waals surface area contributed by atoms with E-state index in [0.717, 1.165) is 30.8 Å². The van der Waals surface area contributed by atoms with Gasteiger partial charge < -0.3 is 15.0 Å². The average Bonchev–Trinajstić information content (AvgIpc) is 2.41. The topological polar surface area (TPSA) is 67.4 Å². The maximum absolute atomic E-state index is 12.2. The van der Waals surface area contributed by atoms with Crippen LogP contribution in [0.5, 0.6) is 0 Å². The Kier molecular flexibility index (Phi) is 5.11. The van der Waals surface area contributed by atoms with Gasteiger partial charge in [-0.25, -0.2) is 14.8 Å². The number of hydrogen-bond acceptors (Lipinski definition) is 5. The van der Waals surface area contributed by atoms with Crippen LogP contribution in [-0.4, -0.2) is 45.7 Å². The molecular formula is C15H23ClN4O2. The second kappa shape index (κ2) is 6.69. The molecule has 0 aromatic carbocycles.